The molecular weight excluding hydrogens is 600 g/mol. The van der Waals surface area contributed by atoms with Crippen LogP contribution in [0, 0.1) is 5.92 Å². The predicted octanol–water partition coefficient (Wildman–Crippen LogP) is 12.8. The van der Waals surface area contributed by atoms with Crippen LogP contribution in [0.25, 0.3) is 0 Å². The van der Waals surface area contributed by atoms with Gasteiger partial charge < -0.3 is 14.2 Å². The van der Waals surface area contributed by atoms with Crippen LogP contribution in [0.4, 0.5) is 0 Å². The van der Waals surface area contributed by atoms with Crippen LogP contribution in [-0.2, 0) is 28.6 Å². The highest BCUT2D eigenvalue weighted by atomic mass is 16.6. The molecule has 6 heteroatoms. The Morgan fingerprint density at radius 1 is 0.396 bits per heavy atom. The van der Waals surface area contributed by atoms with Gasteiger partial charge in [-0.3, -0.25) is 14.4 Å². The molecule has 0 saturated heterocycles. The van der Waals surface area contributed by atoms with Gasteiger partial charge in [-0.1, -0.05) is 188 Å². The summed E-state index contributed by atoms with van der Waals surface area (Å²) < 4.78 is 16.5. The Labute approximate surface area is 298 Å². The lowest BCUT2D eigenvalue weighted by Crippen LogP contribution is -2.30. The summed E-state index contributed by atoms with van der Waals surface area (Å²) in [5, 5.41) is 0. The van der Waals surface area contributed by atoms with Gasteiger partial charge in [0, 0.05) is 19.3 Å². The fourth-order valence-corrected chi connectivity index (χ4v) is 6.10. The second kappa shape index (κ2) is 36.7. The Kier molecular flexibility index (Phi) is 35.5. The third-order valence-corrected chi connectivity index (χ3v) is 9.29. The minimum atomic E-state index is -0.756. The topological polar surface area (TPSA) is 78.9 Å². The van der Waals surface area contributed by atoms with E-state index in [0.29, 0.717) is 19.3 Å². The molecule has 0 aliphatic carbocycles. The van der Waals surface area contributed by atoms with E-state index in [1.807, 2.05) is 0 Å². The van der Waals surface area contributed by atoms with Crippen LogP contribution in [-0.4, -0.2) is 37.2 Å². The summed E-state index contributed by atoms with van der Waals surface area (Å²) in [5.74, 6) is -0.0662. The molecule has 0 N–H and O–H groups in total. The first-order valence-corrected chi connectivity index (χ1v) is 20.9. The molecule has 0 aromatic rings. The molecule has 48 heavy (non-hydrogen) atoms. The molecule has 0 aromatic carbocycles. The van der Waals surface area contributed by atoms with Crippen molar-refractivity contribution in [2.24, 2.45) is 5.92 Å². The van der Waals surface area contributed by atoms with Gasteiger partial charge in [0.1, 0.15) is 13.2 Å². The quantitative estimate of drug-likeness (QED) is 0.0369. The van der Waals surface area contributed by atoms with E-state index in [1.54, 1.807) is 0 Å². The smallest absolute Gasteiger partial charge is 0.306 e. The van der Waals surface area contributed by atoms with Gasteiger partial charge in [0.15, 0.2) is 6.10 Å². The predicted molar refractivity (Wildman–Crippen MR) is 201 cm³/mol. The number of rotatable bonds is 37. The van der Waals surface area contributed by atoms with E-state index in [4.69, 9.17) is 14.2 Å². The van der Waals surface area contributed by atoms with Gasteiger partial charge in [0.2, 0.25) is 0 Å². The highest BCUT2D eigenvalue weighted by Crippen LogP contribution is 2.15. The second-order valence-corrected chi connectivity index (χ2v) is 14.7. The van der Waals surface area contributed by atoms with Crippen molar-refractivity contribution < 1.29 is 28.6 Å². The first kappa shape index (κ1) is 46.4. The molecule has 0 radical (unpaired) electrons. The van der Waals surface area contributed by atoms with Crippen LogP contribution in [0.15, 0.2) is 0 Å². The van der Waals surface area contributed by atoms with Gasteiger partial charge in [0.05, 0.1) is 0 Å². The van der Waals surface area contributed by atoms with Crippen LogP contribution < -0.4 is 0 Å². The third-order valence-electron chi connectivity index (χ3n) is 9.29. The van der Waals surface area contributed by atoms with Crippen LogP contribution in [0.5, 0.6) is 0 Å². The van der Waals surface area contributed by atoms with E-state index in [1.165, 1.54) is 116 Å². The molecule has 0 aliphatic heterocycles. The van der Waals surface area contributed by atoms with Crippen molar-refractivity contribution in [1.82, 2.24) is 0 Å². The minimum absolute atomic E-state index is 0.0659. The molecule has 0 amide bonds. The number of hydrogen-bond acceptors (Lipinski definition) is 6. The summed E-state index contributed by atoms with van der Waals surface area (Å²) in [6.45, 7) is 8.87. The lowest BCUT2D eigenvalue weighted by Gasteiger charge is -2.18. The summed E-state index contributed by atoms with van der Waals surface area (Å²) in [4.78, 5) is 37.3. The average molecular weight is 681 g/mol. The molecule has 0 aliphatic rings. The Morgan fingerprint density at radius 3 is 1.02 bits per heavy atom. The minimum Gasteiger partial charge on any atom is -0.462 e. The van der Waals surface area contributed by atoms with Crippen molar-refractivity contribution in [2.45, 2.75) is 233 Å². The molecule has 0 rings (SSSR count). The molecular formula is C42H80O6. The fraction of sp³-hybridized carbons (Fsp3) is 0.929. The van der Waals surface area contributed by atoms with Crippen LogP contribution in [0.1, 0.15) is 227 Å². The lowest BCUT2D eigenvalue weighted by molar-refractivity contribution is -0.167. The zero-order valence-electron chi connectivity index (χ0n) is 32.4. The van der Waals surface area contributed by atoms with Gasteiger partial charge in [-0.25, -0.2) is 0 Å². The summed E-state index contributed by atoms with van der Waals surface area (Å²) in [6, 6.07) is 0. The first-order chi connectivity index (χ1) is 23.4. The van der Waals surface area contributed by atoms with Crippen molar-refractivity contribution in [2.75, 3.05) is 13.2 Å². The van der Waals surface area contributed by atoms with Crippen molar-refractivity contribution in [3.63, 3.8) is 0 Å². The van der Waals surface area contributed by atoms with Crippen LogP contribution in [0.2, 0.25) is 0 Å². The number of esters is 3. The van der Waals surface area contributed by atoms with Crippen LogP contribution in [0.3, 0.4) is 0 Å². The molecule has 284 valence electrons. The molecule has 0 bridgehead atoms. The lowest BCUT2D eigenvalue weighted by atomic mass is 10.0. The summed E-state index contributed by atoms with van der Waals surface area (Å²) in [5.41, 5.74) is 0. The molecule has 0 spiro atoms. The number of ether oxygens (including phenoxy) is 3. The number of carbonyl (C=O) groups excluding carboxylic acids is 3. The highest BCUT2D eigenvalue weighted by molar-refractivity contribution is 5.71. The number of carbonyl (C=O) groups is 3. The Hall–Kier alpha value is -1.59. The van der Waals surface area contributed by atoms with E-state index >= 15 is 0 Å². The summed E-state index contributed by atoms with van der Waals surface area (Å²) >= 11 is 0. The maximum Gasteiger partial charge on any atom is 0.306 e. The third kappa shape index (κ3) is 35.7. The maximum absolute atomic E-state index is 12.5. The molecule has 0 heterocycles. The Morgan fingerprint density at radius 2 is 0.688 bits per heavy atom. The molecule has 0 unspecified atom stereocenters. The van der Waals surface area contributed by atoms with Crippen molar-refractivity contribution in [1.29, 1.82) is 0 Å². The van der Waals surface area contributed by atoms with Gasteiger partial charge in [-0.05, 0) is 25.2 Å². The van der Waals surface area contributed by atoms with Gasteiger partial charge in [-0.2, -0.15) is 0 Å². The molecule has 6 nitrogen and oxygen atoms in total. The van der Waals surface area contributed by atoms with E-state index in [0.717, 1.165) is 70.1 Å². The normalized spacial score (nSPS) is 11.9. The van der Waals surface area contributed by atoms with Crippen molar-refractivity contribution in [3.05, 3.63) is 0 Å². The first-order valence-electron chi connectivity index (χ1n) is 20.9. The maximum atomic E-state index is 12.5. The van der Waals surface area contributed by atoms with Crippen molar-refractivity contribution >= 4 is 17.9 Å². The van der Waals surface area contributed by atoms with Gasteiger partial charge in [-0.15, -0.1) is 0 Å². The van der Waals surface area contributed by atoms with Gasteiger partial charge >= 0.3 is 17.9 Å². The summed E-state index contributed by atoms with van der Waals surface area (Å²) in [7, 11) is 0. The molecule has 0 aromatic heterocycles. The fourth-order valence-electron chi connectivity index (χ4n) is 6.10. The Balaban J connectivity index is 4.19. The van der Waals surface area contributed by atoms with Crippen molar-refractivity contribution in [3.8, 4) is 0 Å². The average Bonchev–Trinajstić information content (AvgIpc) is 3.06. The van der Waals surface area contributed by atoms with E-state index in [9.17, 15) is 14.4 Å². The zero-order chi connectivity index (χ0) is 35.3. The van der Waals surface area contributed by atoms with Gasteiger partial charge in [0.25, 0.3) is 0 Å². The van der Waals surface area contributed by atoms with E-state index < -0.39 is 6.10 Å². The van der Waals surface area contributed by atoms with E-state index in [2.05, 4.69) is 27.7 Å². The van der Waals surface area contributed by atoms with E-state index in [-0.39, 0.29) is 31.1 Å². The SMILES string of the molecule is CCCCCCCCCCCCCCCC(=O)OC[C@H](COC(=O)CCCCCCCCCCCC(C)C)OC(=O)CCCCCCC. The highest BCUT2D eigenvalue weighted by Gasteiger charge is 2.19. The standard InChI is InChI=1S/C42H80O6/c1-5-7-9-11-12-13-14-15-16-19-22-26-29-33-40(43)46-36-39(48-42(45)35-31-24-10-8-6-2)37-47-41(44)34-30-27-23-20-17-18-21-25-28-32-38(3)4/h38-39H,5-37H2,1-4H3/t39-/m1/s1. The second-order valence-electron chi connectivity index (χ2n) is 14.7. The molecule has 0 fully saturated rings. The molecule has 0 saturated carbocycles. The monoisotopic (exact) mass is 681 g/mol. The van der Waals surface area contributed by atoms with Crippen LogP contribution >= 0.6 is 0 Å². The summed E-state index contributed by atoms with van der Waals surface area (Å²) in [6.07, 6.45) is 34.0. The zero-order valence-corrected chi connectivity index (χ0v) is 32.4. The largest absolute Gasteiger partial charge is 0.462 e. The number of unbranched alkanes of at least 4 members (excludes halogenated alkanes) is 24. The number of hydrogen-bond donors (Lipinski definition) is 0. The Bertz CT molecular complexity index is 721. The molecule has 1 atom stereocenters.